The normalized spacial score (nSPS) is 21.2. The van der Waals surface area contributed by atoms with E-state index in [1.807, 2.05) is 4.90 Å². The lowest BCUT2D eigenvalue weighted by molar-refractivity contribution is -0.100. The van der Waals surface area contributed by atoms with Crippen LogP contribution >= 0.6 is 0 Å². The number of ether oxygens (including phenoxy) is 5. The number of likely N-dealkylation sites (tertiary alicyclic amines) is 1. The molecule has 1 amide bonds. The van der Waals surface area contributed by atoms with Crippen molar-refractivity contribution in [3.05, 3.63) is 17.7 Å². The Balaban J connectivity index is 1.92. The summed E-state index contributed by atoms with van der Waals surface area (Å²) in [4.78, 5) is 15.1. The minimum absolute atomic E-state index is 0.0819. The summed E-state index contributed by atoms with van der Waals surface area (Å²) in [6, 6.07) is 3.26. The summed E-state index contributed by atoms with van der Waals surface area (Å²) in [7, 11) is 4.63. The van der Waals surface area contributed by atoms with Gasteiger partial charge in [0.25, 0.3) is 5.91 Å². The monoisotopic (exact) mass is 351 g/mol. The van der Waals surface area contributed by atoms with Crippen LogP contribution < -0.4 is 14.2 Å². The third-order valence-corrected chi connectivity index (χ3v) is 4.71. The molecule has 7 heteroatoms. The molecule has 0 radical (unpaired) electrons. The van der Waals surface area contributed by atoms with Crippen LogP contribution in [0.25, 0.3) is 0 Å². The molecule has 2 fully saturated rings. The fourth-order valence-electron chi connectivity index (χ4n) is 3.44. The molecule has 25 heavy (non-hydrogen) atoms. The van der Waals surface area contributed by atoms with E-state index in [0.717, 1.165) is 19.3 Å². The molecule has 7 nitrogen and oxygen atoms in total. The lowest BCUT2D eigenvalue weighted by atomic mass is 9.99. The van der Waals surface area contributed by atoms with Crippen LogP contribution in [-0.2, 0) is 9.47 Å². The summed E-state index contributed by atoms with van der Waals surface area (Å²) >= 11 is 0. The van der Waals surface area contributed by atoms with Crippen molar-refractivity contribution in [1.29, 1.82) is 0 Å². The molecule has 0 spiro atoms. The van der Waals surface area contributed by atoms with Gasteiger partial charge in [0.15, 0.2) is 17.8 Å². The van der Waals surface area contributed by atoms with Crippen molar-refractivity contribution in [3.8, 4) is 17.2 Å². The van der Waals surface area contributed by atoms with E-state index in [2.05, 4.69) is 0 Å². The van der Waals surface area contributed by atoms with Crippen LogP contribution in [-0.4, -0.2) is 64.2 Å². The van der Waals surface area contributed by atoms with E-state index in [-0.39, 0.29) is 18.2 Å². The SMILES string of the molecule is COc1cc(OC)c(C(=O)N2CCCCC2C2OCCO2)cc1OC. The van der Waals surface area contributed by atoms with Crippen molar-refractivity contribution in [1.82, 2.24) is 4.90 Å². The van der Waals surface area contributed by atoms with Crippen molar-refractivity contribution in [2.75, 3.05) is 41.1 Å². The van der Waals surface area contributed by atoms with Crippen LogP contribution in [0.2, 0.25) is 0 Å². The first-order valence-corrected chi connectivity index (χ1v) is 8.53. The number of nitrogens with zero attached hydrogens (tertiary/aromatic N) is 1. The highest BCUT2D eigenvalue weighted by atomic mass is 16.7. The van der Waals surface area contributed by atoms with E-state index >= 15 is 0 Å². The van der Waals surface area contributed by atoms with Gasteiger partial charge in [0.05, 0.1) is 46.1 Å². The standard InChI is InChI=1S/C18H25NO6/c1-21-14-11-16(23-3)15(22-2)10-12(14)17(20)19-7-5-4-6-13(19)18-24-8-9-25-18/h10-11,13,18H,4-9H2,1-3H3. The first-order chi connectivity index (χ1) is 12.2. The van der Waals surface area contributed by atoms with Crippen LogP contribution in [0, 0.1) is 0 Å². The van der Waals surface area contributed by atoms with Crippen molar-refractivity contribution < 1.29 is 28.5 Å². The molecule has 2 aliphatic rings. The summed E-state index contributed by atoms with van der Waals surface area (Å²) in [6.07, 6.45) is 2.53. The van der Waals surface area contributed by atoms with Crippen molar-refractivity contribution in [3.63, 3.8) is 0 Å². The van der Waals surface area contributed by atoms with Gasteiger partial charge in [0.2, 0.25) is 0 Å². The van der Waals surface area contributed by atoms with Gasteiger partial charge in [-0.2, -0.15) is 0 Å². The Bertz CT molecular complexity index is 614. The van der Waals surface area contributed by atoms with Gasteiger partial charge in [-0.3, -0.25) is 4.79 Å². The smallest absolute Gasteiger partial charge is 0.258 e. The molecule has 0 bridgehead atoms. The first-order valence-electron chi connectivity index (χ1n) is 8.53. The summed E-state index contributed by atoms with van der Waals surface area (Å²) in [5.41, 5.74) is 0.449. The molecule has 1 aromatic rings. The van der Waals surface area contributed by atoms with E-state index in [9.17, 15) is 4.79 Å². The number of methoxy groups -OCH3 is 3. The summed E-state index contributed by atoms with van der Waals surface area (Å²) in [5, 5.41) is 0. The minimum Gasteiger partial charge on any atom is -0.496 e. The Morgan fingerprint density at radius 1 is 1.00 bits per heavy atom. The third kappa shape index (κ3) is 3.52. The molecule has 3 rings (SSSR count). The molecule has 1 unspecified atom stereocenters. The second-order valence-corrected chi connectivity index (χ2v) is 6.08. The number of hydrogen-bond acceptors (Lipinski definition) is 6. The second kappa shape index (κ2) is 7.93. The van der Waals surface area contributed by atoms with Gasteiger partial charge in [-0.25, -0.2) is 0 Å². The predicted molar refractivity (Wildman–Crippen MR) is 90.5 cm³/mol. The topological polar surface area (TPSA) is 66.5 Å². The molecular formula is C18H25NO6. The zero-order valence-electron chi connectivity index (χ0n) is 14.9. The zero-order valence-corrected chi connectivity index (χ0v) is 14.9. The minimum atomic E-state index is -0.351. The Labute approximate surface area is 147 Å². The first kappa shape index (κ1) is 17.8. The largest absolute Gasteiger partial charge is 0.496 e. The molecule has 2 aliphatic heterocycles. The maximum Gasteiger partial charge on any atom is 0.258 e. The molecule has 0 N–H and O–H groups in total. The van der Waals surface area contributed by atoms with Gasteiger partial charge in [0.1, 0.15) is 5.75 Å². The number of hydrogen-bond donors (Lipinski definition) is 0. The summed E-state index contributed by atoms with van der Waals surface area (Å²) in [5.74, 6) is 1.36. The van der Waals surface area contributed by atoms with Crippen molar-refractivity contribution in [2.24, 2.45) is 0 Å². The van der Waals surface area contributed by atoms with Gasteiger partial charge in [-0.05, 0) is 19.3 Å². The Morgan fingerprint density at radius 2 is 1.64 bits per heavy atom. The van der Waals surface area contributed by atoms with Crippen LogP contribution in [0.1, 0.15) is 29.6 Å². The molecule has 0 aromatic heterocycles. The van der Waals surface area contributed by atoms with Crippen molar-refractivity contribution in [2.45, 2.75) is 31.6 Å². The number of piperidine rings is 1. The third-order valence-electron chi connectivity index (χ3n) is 4.71. The zero-order chi connectivity index (χ0) is 17.8. The van der Waals surface area contributed by atoms with Gasteiger partial charge in [-0.15, -0.1) is 0 Å². The van der Waals surface area contributed by atoms with Gasteiger partial charge in [-0.1, -0.05) is 0 Å². The van der Waals surface area contributed by atoms with Gasteiger partial charge in [0, 0.05) is 18.7 Å². The molecule has 0 saturated carbocycles. The van der Waals surface area contributed by atoms with Crippen LogP contribution in [0.5, 0.6) is 17.2 Å². The quantitative estimate of drug-likeness (QED) is 0.809. The number of carbonyl (C=O) groups is 1. The molecule has 1 aromatic carbocycles. The lowest BCUT2D eigenvalue weighted by Gasteiger charge is -2.38. The van der Waals surface area contributed by atoms with Crippen molar-refractivity contribution >= 4 is 5.91 Å². The Hall–Kier alpha value is -1.99. The van der Waals surface area contributed by atoms with Crippen LogP contribution in [0.3, 0.4) is 0 Å². The maximum atomic E-state index is 13.3. The predicted octanol–water partition coefficient (Wildman–Crippen LogP) is 2.08. The van der Waals surface area contributed by atoms with Gasteiger partial charge >= 0.3 is 0 Å². The van der Waals surface area contributed by atoms with E-state index in [4.69, 9.17) is 23.7 Å². The second-order valence-electron chi connectivity index (χ2n) is 6.08. The maximum absolute atomic E-state index is 13.3. The fourth-order valence-corrected chi connectivity index (χ4v) is 3.44. The Kier molecular flexibility index (Phi) is 5.65. The molecule has 2 heterocycles. The summed E-state index contributed by atoms with van der Waals surface area (Å²) < 4.78 is 27.4. The number of rotatable bonds is 5. The molecule has 1 atom stereocenters. The highest BCUT2D eigenvalue weighted by Gasteiger charge is 2.37. The number of carbonyl (C=O) groups excluding carboxylic acids is 1. The highest BCUT2D eigenvalue weighted by molar-refractivity contribution is 5.98. The average molecular weight is 351 g/mol. The van der Waals surface area contributed by atoms with Crippen LogP contribution in [0.15, 0.2) is 12.1 Å². The van der Waals surface area contributed by atoms with Gasteiger partial charge < -0.3 is 28.6 Å². The lowest BCUT2D eigenvalue weighted by Crippen LogP contribution is -2.50. The summed E-state index contributed by atoms with van der Waals surface area (Å²) in [6.45, 7) is 1.82. The van der Waals surface area contributed by atoms with E-state index in [0.29, 0.717) is 42.6 Å². The Morgan fingerprint density at radius 3 is 2.28 bits per heavy atom. The number of benzene rings is 1. The molecular weight excluding hydrogens is 326 g/mol. The average Bonchev–Trinajstić information content (AvgIpc) is 3.20. The van der Waals surface area contributed by atoms with E-state index in [1.54, 1.807) is 26.4 Å². The highest BCUT2D eigenvalue weighted by Crippen LogP contribution is 2.36. The van der Waals surface area contributed by atoms with E-state index < -0.39 is 0 Å². The van der Waals surface area contributed by atoms with E-state index in [1.165, 1.54) is 7.11 Å². The molecule has 0 aliphatic carbocycles. The molecule has 2 saturated heterocycles. The fraction of sp³-hybridized carbons (Fsp3) is 0.611. The molecule has 138 valence electrons. The number of amides is 1. The van der Waals surface area contributed by atoms with Crippen LogP contribution in [0.4, 0.5) is 0 Å².